The first kappa shape index (κ1) is 16.7. The minimum atomic E-state index is -1.98. The molecule has 0 spiro atoms. The van der Waals surface area contributed by atoms with Crippen LogP contribution in [0.15, 0.2) is 35.2 Å². The summed E-state index contributed by atoms with van der Waals surface area (Å²) in [6, 6.07) is 10.7. The molecule has 0 saturated heterocycles. The summed E-state index contributed by atoms with van der Waals surface area (Å²) in [6.45, 7) is 0. The van der Waals surface area contributed by atoms with E-state index < -0.39 is 26.5 Å². The summed E-state index contributed by atoms with van der Waals surface area (Å²) in [5.41, 5.74) is 0. The maximum absolute atomic E-state index is 6.20. The van der Waals surface area contributed by atoms with Gasteiger partial charge in [-0.2, -0.15) is 0 Å². The van der Waals surface area contributed by atoms with Crippen LogP contribution in [0.5, 0.6) is 0 Å². The van der Waals surface area contributed by atoms with Crippen LogP contribution < -0.4 is 0 Å². The summed E-state index contributed by atoms with van der Waals surface area (Å²) in [4.78, 5) is 1.35. The average Bonchev–Trinajstić information content (AvgIpc) is 2.23. The first-order chi connectivity index (χ1) is 8.14. The summed E-state index contributed by atoms with van der Waals surface area (Å²) < 4.78 is 6.31. The van der Waals surface area contributed by atoms with E-state index >= 15 is 0 Å². The van der Waals surface area contributed by atoms with Crippen LogP contribution in [0, 0.1) is 0 Å². The van der Waals surface area contributed by atoms with Gasteiger partial charge in [0.05, 0.1) is 0 Å². The van der Waals surface area contributed by atoms with Crippen molar-refractivity contribution in [2.45, 2.75) is 42.0 Å². The van der Waals surface area contributed by atoms with Gasteiger partial charge in [0, 0.05) is 0 Å². The Bertz CT molecular complexity index is 365. The molecule has 18 heavy (non-hydrogen) atoms. The van der Waals surface area contributed by atoms with Crippen LogP contribution in [0.2, 0.25) is 34.5 Å². The molecule has 0 N–H and O–H groups in total. The van der Waals surface area contributed by atoms with Crippen molar-refractivity contribution in [3.05, 3.63) is 30.3 Å². The number of thioether (sulfide) groups is 1. The Kier molecular flexibility index (Phi) is 5.50. The molecule has 0 amide bonds. The fourth-order valence-electron chi connectivity index (χ4n) is 2.74. The van der Waals surface area contributed by atoms with E-state index in [1.165, 1.54) is 4.90 Å². The first-order valence-corrected chi connectivity index (χ1v) is 21.9. The molecule has 0 heterocycles. The van der Waals surface area contributed by atoms with E-state index in [0.717, 1.165) is 0 Å². The monoisotopic (exact) mass is 390 g/mol. The average molecular weight is 388 g/mol. The van der Waals surface area contributed by atoms with Gasteiger partial charge in [-0.05, 0) is 0 Å². The van der Waals surface area contributed by atoms with E-state index in [1.807, 2.05) is 18.9 Å². The zero-order valence-corrected chi connectivity index (χ0v) is 17.7. The third-order valence-electron chi connectivity index (χ3n) is 3.27. The van der Waals surface area contributed by atoms with Crippen molar-refractivity contribution in [2.24, 2.45) is 0 Å². The molecule has 1 aromatic rings. The molecular formula is C14H26Ge2OS. The zero-order chi connectivity index (χ0) is 14.0. The summed E-state index contributed by atoms with van der Waals surface area (Å²) >= 11 is -1.96. The number of hydrogen-bond donors (Lipinski definition) is 0. The first-order valence-electron chi connectivity index (χ1n) is 6.43. The van der Waals surface area contributed by atoms with Crippen molar-refractivity contribution < 1.29 is 4.74 Å². The van der Waals surface area contributed by atoms with Gasteiger partial charge < -0.3 is 0 Å². The van der Waals surface area contributed by atoms with Crippen LogP contribution in [0.1, 0.15) is 0 Å². The Balaban J connectivity index is 3.21. The molecule has 102 valence electrons. The van der Waals surface area contributed by atoms with Gasteiger partial charge in [-0.25, -0.2) is 0 Å². The van der Waals surface area contributed by atoms with E-state index in [0.29, 0.717) is 0 Å². The third-order valence-corrected chi connectivity index (χ3v) is 37.4. The molecule has 1 aromatic carbocycles. The molecule has 0 bridgehead atoms. The second-order valence-electron chi connectivity index (χ2n) is 6.74. The molecule has 0 aliphatic rings. The summed E-state index contributed by atoms with van der Waals surface area (Å²) in [5.74, 6) is 14.9. The van der Waals surface area contributed by atoms with Gasteiger partial charge in [0.15, 0.2) is 0 Å². The maximum atomic E-state index is 6.20. The van der Waals surface area contributed by atoms with Gasteiger partial charge in [-0.3, -0.25) is 0 Å². The Labute approximate surface area is 122 Å². The molecule has 0 radical (unpaired) electrons. The number of methoxy groups -OCH3 is 1. The van der Waals surface area contributed by atoms with Crippen molar-refractivity contribution in [1.82, 2.24) is 0 Å². The molecular weight excluding hydrogens is 361 g/mol. The molecule has 0 unspecified atom stereocenters. The quantitative estimate of drug-likeness (QED) is 0.405. The molecule has 0 fully saturated rings. The van der Waals surface area contributed by atoms with E-state index in [4.69, 9.17) is 4.74 Å². The molecule has 1 nitrogen and oxygen atoms in total. The Morgan fingerprint density at radius 2 is 1.33 bits per heavy atom. The topological polar surface area (TPSA) is 9.23 Å². The SMILES string of the molecule is CO[C](Sc1ccccc1)([Ge]([CH3])([CH3])[CH3])[Ge]([CH3])([CH3])[CH3]. The van der Waals surface area contributed by atoms with Crippen LogP contribution in [-0.2, 0) is 4.74 Å². The van der Waals surface area contributed by atoms with Crippen molar-refractivity contribution >= 4 is 38.3 Å². The Morgan fingerprint density at radius 3 is 1.67 bits per heavy atom. The van der Waals surface area contributed by atoms with Crippen molar-refractivity contribution in [2.75, 3.05) is 7.11 Å². The normalized spacial score (nSPS) is 13.7. The third kappa shape index (κ3) is 3.38. The van der Waals surface area contributed by atoms with Gasteiger partial charge in [0.25, 0.3) is 0 Å². The van der Waals surface area contributed by atoms with E-state index in [1.54, 1.807) is 0 Å². The predicted molar refractivity (Wildman–Crippen MR) is 88.7 cm³/mol. The van der Waals surface area contributed by atoms with Crippen LogP contribution in [0.25, 0.3) is 0 Å². The van der Waals surface area contributed by atoms with Crippen LogP contribution in [0.3, 0.4) is 0 Å². The van der Waals surface area contributed by atoms with Gasteiger partial charge in [0.2, 0.25) is 0 Å². The van der Waals surface area contributed by atoms with Gasteiger partial charge in [-0.1, -0.05) is 0 Å². The fourth-order valence-corrected chi connectivity index (χ4v) is 41.2. The second-order valence-corrected chi connectivity index (χ2v) is 33.5. The van der Waals surface area contributed by atoms with Gasteiger partial charge in [-0.15, -0.1) is 0 Å². The number of rotatable bonds is 5. The second kappa shape index (κ2) is 5.94. The van der Waals surface area contributed by atoms with E-state index in [-0.39, 0.29) is 2.60 Å². The van der Waals surface area contributed by atoms with E-state index in [2.05, 4.69) is 64.9 Å². The molecule has 0 aliphatic heterocycles. The van der Waals surface area contributed by atoms with Crippen LogP contribution in [-0.4, -0.2) is 36.2 Å². The molecule has 4 heteroatoms. The summed E-state index contributed by atoms with van der Waals surface area (Å²) in [6.07, 6.45) is 0. The predicted octanol–water partition coefficient (Wildman–Crippen LogP) is 4.88. The number of benzene rings is 1. The van der Waals surface area contributed by atoms with E-state index in [9.17, 15) is 0 Å². The molecule has 1 rings (SSSR count). The molecule has 0 saturated carbocycles. The van der Waals surface area contributed by atoms with Crippen LogP contribution in [0.4, 0.5) is 0 Å². The van der Waals surface area contributed by atoms with Crippen molar-refractivity contribution in [3.63, 3.8) is 0 Å². The standard InChI is InChI=1S/C14H26Ge2OS/c1-15(2,3)14(17-7,16(4,5)6)18-13-11-9-8-10-12-13/h8-12H,1-7H3. The zero-order valence-electron chi connectivity index (χ0n) is 12.7. The Hall–Kier alpha value is 0.616. The number of hydrogen-bond acceptors (Lipinski definition) is 2. The summed E-state index contributed by atoms with van der Waals surface area (Å²) in [7, 11) is 1.92. The minimum absolute atomic E-state index is 0.112. The van der Waals surface area contributed by atoms with Gasteiger partial charge >= 0.3 is 123 Å². The van der Waals surface area contributed by atoms with Crippen molar-refractivity contribution in [1.29, 1.82) is 0 Å². The Morgan fingerprint density at radius 1 is 0.889 bits per heavy atom. The van der Waals surface area contributed by atoms with Crippen molar-refractivity contribution in [3.8, 4) is 0 Å². The molecule has 0 aliphatic carbocycles. The van der Waals surface area contributed by atoms with Crippen LogP contribution >= 0.6 is 11.8 Å². The van der Waals surface area contributed by atoms with Gasteiger partial charge in [0.1, 0.15) is 0 Å². The molecule has 0 atom stereocenters. The molecule has 0 aromatic heterocycles. The fraction of sp³-hybridized carbons (Fsp3) is 0.571. The number of ether oxygens (including phenoxy) is 1. The summed E-state index contributed by atoms with van der Waals surface area (Å²) in [5, 5.41) is 0.